The summed E-state index contributed by atoms with van der Waals surface area (Å²) in [6.45, 7) is 6.37. The second-order valence-electron chi connectivity index (χ2n) is 4.05. The fourth-order valence-electron chi connectivity index (χ4n) is 1.82. The molecule has 0 saturated heterocycles. The molecule has 0 spiro atoms. The molecule has 4 heteroatoms. The quantitative estimate of drug-likeness (QED) is 0.840. The maximum atomic E-state index is 4.22. The van der Waals surface area contributed by atoms with Crippen LogP contribution in [-0.4, -0.2) is 18.1 Å². The molecule has 0 amide bonds. The van der Waals surface area contributed by atoms with Crippen molar-refractivity contribution in [1.82, 2.24) is 10.3 Å². The van der Waals surface area contributed by atoms with Gasteiger partial charge < -0.3 is 5.32 Å². The second kappa shape index (κ2) is 6.89. The first-order chi connectivity index (χ1) is 6.75. The lowest BCUT2D eigenvalue weighted by Gasteiger charge is -2.19. The summed E-state index contributed by atoms with van der Waals surface area (Å²) < 4.78 is 0. The van der Waals surface area contributed by atoms with E-state index in [-0.39, 0.29) is 24.8 Å². The topological polar surface area (TPSA) is 24.9 Å². The third kappa shape index (κ3) is 3.78. The van der Waals surface area contributed by atoms with E-state index in [9.17, 15) is 0 Å². The van der Waals surface area contributed by atoms with Gasteiger partial charge in [0, 0.05) is 25.5 Å². The minimum Gasteiger partial charge on any atom is -0.312 e. The first-order valence-corrected chi connectivity index (χ1v) is 5.09. The van der Waals surface area contributed by atoms with Crippen molar-refractivity contribution in [2.75, 3.05) is 13.1 Å². The van der Waals surface area contributed by atoms with E-state index in [1.165, 1.54) is 16.7 Å². The average Bonchev–Trinajstić information content (AvgIpc) is 2.18. The number of rotatable bonds is 1. The van der Waals surface area contributed by atoms with Crippen LogP contribution in [0, 0.1) is 12.8 Å². The monoisotopic (exact) mass is 260 g/mol. The Labute approximate surface area is 109 Å². The maximum Gasteiger partial charge on any atom is 0.0343 e. The van der Waals surface area contributed by atoms with Crippen LogP contribution in [-0.2, 0) is 0 Å². The van der Waals surface area contributed by atoms with Crippen molar-refractivity contribution in [1.29, 1.82) is 0 Å². The van der Waals surface area contributed by atoms with E-state index in [4.69, 9.17) is 0 Å². The van der Waals surface area contributed by atoms with E-state index in [0.29, 0.717) is 5.92 Å². The molecule has 1 atom stereocenters. The van der Waals surface area contributed by atoms with Crippen molar-refractivity contribution in [2.45, 2.75) is 13.8 Å². The summed E-state index contributed by atoms with van der Waals surface area (Å²) >= 11 is 0. The van der Waals surface area contributed by atoms with Crippen LogP contribution in [0.4, 0.5) is 0 Å². The molecular weight excluding hydrogens is 243 g/mol. The molecule has 0 saturated carbocycles. The van der Waals surface area contributed by atoms with Crippen molar-refractivity contribution >= 4 is 30.4 Å². The summed E-state index contributed by atoms with van der Waals surface area (Å²) in [5, 5.41) is 3.41. The van der Waals surface area contributed by atoms with Gasteiger partial charge >= 0.3 is 0 Å². The molecule has 0 aliphatic carbocycles. The zero-order valence-corrected chi connectivity index (χ0v) is 11.2. The van der Waals surface area contributed by atoms with Gasteiger partial charge in [-0.25, -0.2) is 0 Å². The number of aromatic nitrogens is 1. The fraction of sp³-hybridized carbons (Fsp3) is 0.417. The number of hydrogen-bond donors (Lipinski definition) is 1. The molecule has 0 fully saturated rings. The molecule has 2 rings (SSSR count). The predicted molar refractivity (Wildman–Crippen MR) is 73.5 cm³/mol. The Morgan fingerprint density at radius 3 is 2.69 bits per heavy atom. The predicted octanol–water partition coefficient (Wildman–Crippen LogP) is 2.86. The van der Waals surface area contributed by atoms with E-state index < -0.39 is 0 Å². The molecule has 1 aromatic heterocycles. The molecule has 1 aliphatic heterocycles. The van der Waals surface area contributed by atoms with Crippen molar-refractivity contribution in [3.63, 3.8) is 0 Å². The first-order valence-electron chi connectivity index (χ1n) is 5.09. The minimum atomic E-state index is 0. The highest BCUT2D eigenvalue weighted by atomic mass is 35.5. The summed E-state index contributed by atoms with van der Waals surface area (Å²) in [7, 11) is 0. The van der Waals surface area contributed by atoms with Crippen LogP contribution in [0.3, 0.4) is 0 Å². The van der Waals surface area contributed by atoms with E-state index in [0.717, 1.165) is 13.1 Å². The Morgan fingerprint density at radius 1 is 1.31 bits per heavy atom. The van der Waals surface area contributed by atoms with E-state index in [2.05, 4.69) is 36.3 Å². The average molecular weight is 261 g/mol. The van der Waals surface area contributed by atoms with Crippen LogP contribution in [0.5, 0.6) is 0 Å². The molecule has 1 aliphatic rings. The SMILES string of the molecule is Cc1cncc(C2=CC(C)CNC2)c1.Cl.Cl. The van der Waals surface area contributed by atoms with Gasteiger partial charge in [0.1, 0.15) is 0 Å². The molecule has 0 aromatic carbocycles. The van der Waals surface area contributed by atoms with Crippen LogP contribution in [0.2, 0.25) is 0 Å². The standard InChI is InChI=1S/C12H16N2.2ClH/c1-9-3-11(7-13-5-9)12-4-10(2)6-14-8-12;;/h3-5,7,10,14H,6,8H2,1-2H3;2*1H. The zero-order valence-electron chi connectivity index (χ0n) is 9.56. The lowest BCUT2D eigenvalue weighted by molar-refractivity contribution is 0.607. The van der Waals surface area contributed by atoms with Gasteiger partial charge in [0.25, 0.3) is 0 Å². The molecule has 2 nitrogen and oxygen atoms in total. The van der Waals surface area contributed by atoms with E-state index in [1.807, 2.05) is 12.4 Å². The van der Waals surface area contributed by atoms with E-state index >= 15 is 0 Å². The number of nitrogens with one attached hydrogen (secondary N) is 1. The van der Waals surface area contributed by atoms with E-state index in [1.54, 1.807) is 0 Å². The summed E-state index contributed by atoms with van der Waals surface area (Å²) in [6, 6.07) is 2.19. The fourth-order valence-corrected chi connectivity index (χ4v) is 1.82. The molecule has 16 heavy (non-hydrogen) atoms. The highest BCUT2D eigenvalue weighted by Crippen LogP contribution is 2.18. The van der Waals surface area contributed by atoms with Crippen molar-refractivity contribution in [2.24, 2.45) is 5.92 Å². The molecular formula is C12H18Cl2N2. The Balaban J connectivity index is 0.00000112. The third-order valence-corrected chi connectivity index (χ3v) is 2.51. The maximum absolute atomic E-state index is 4.22. The lowest BCUT2D eigenvalue weighted by atomic mass is 9.98. The summed E-state index contributed by atoms with van der Waals surface area (Å²) in [6.07, 6.45) is 6.18. The lowest BCUT2D eigenvalue weighted by Crippen LogP contribution is -2.27. The Kier molecular flexibility index (Phi) is 6.65. The number of halogens is 2. The Morgan fingerprint density at radius 2 is 2.06 bits per heavy atom. The number of aryl methyl sites for hydroxylation is 1. The Bertz CT molecular complexity index is 364. The Hall–Kier alpha value is -0.570. The van der Waals surface area contributed by atoms with Gasteiger partial charge in [-0.15, -0.1) is 24.8 Å². The zero-order chi connectivity index (χ0) is 9.97. The van der Waals surface area contributed by atoms with Gasteiger partial charge in [-0.2, -0.15) is 0 Å². The first kappa shape index (κ1) is 15.4. The normalized spacial score (nSPS) is 19.1. The van der Waals surface area contributed by atoms with Gasteiger partial charge in [0.15, 0.2) is 0 Å². The third-order valence-electron chi connectivity index (χ3n) is 2.51. The van der Waals surface area contributed by atoms with Crippen LogP contribution >= 0.6 is 24.8 Å². The molecule has 90 valence electrons. The van der Waals surface area contributed by atoms with Crippen LogP contribution < -0.4 is 5.32 Å². The van der Waals surface area contributed by atoms with Crippen LogP contribution in [0.25, 0.3) is 5.57 Å². The summed E-state index contributed by atoms with van der Waals surface area (Å²) in [5.41, 5.74) is 3.85. The largest absolute Gasteiger partial charge is 0.312 e. The highest BCUT2D eigenvalue weighted by Gasteiger charge is 2.10. The molecule has 0 bridgehead atoms. The molecule has 1 N–H and O–H groups in total. The van der Waals surface area contributed by atoms with Gasteiger partial charge in [0.05, 0.1) is 0 Å². The van der Waals surface area contributed by atoms with Crippen molar-refractivity contribution in [3.05, 3.63) is 35.7 Å². The van der Waals surface area contributed by atoms with Gasteiger partial charge in [-0.3, -0.25) is 4.98 Å². The smallest absolute Gasteiger partial charge is 0.0343 e. The number of nitrogens with zero attached hydrogens (tertiary/aromatic N) is 1. The molecule has 2 heterocycles. The van der Waals surface area contributed by atoms with Crippen molar-refractivity contribution < 1.29 is 0 Å². The minimum absolute atomic E-state index is 0. The van der Waals surface area contributed by atoms with Crippen molar-refractivity contribution in [3.8, 4) is 0 Å². The summed E-state index contributed by atoms with van der Waals surface area (Å²) in [5.74, 6) is 0.624. The van der Waals surface area contributed by atoms with Crippen LogP contribution in [0.15, 0.2) is 24.5 Å². The summed E-state index contributed by atoms with van der Waals surface area (Å²) in [4.78, 5) is 4.22. The number of pyridine rings is 1. The van der Waals surface area contributed by atoms with Gasteiger partial charge in [0.2, 0.25) is 0 Å². The van der Waals surface area contributed by atoms with Crippen LogP contribution in [0.1, 0.15) is 18.1 Å². The molecule has 1 aromatic rings. The molecule has 0 radical (unpaired) electrons. The molecule has 1 unspecified atom stereocenters. The van der Waals surface area contributed by atoms with Gasteiger partial charge in [-0.05, 0) is 35.6 Å². The highest BCUT2D eigenvalue weighted by molar-refractivity contribution is 5.85. The van der Waals surface area contributed by atoms with Gasteiger partial charge in [-0.1, -0.05) is 13.0 Å². The number of hydrogen-bond acceptors (Lipinski definition) is 2. The second-order valence-corrected chi connectivity index (χ2v) is 4.05.